The zero-order valence-corrected chi connectivity index (χ0v) is 7.19. The van der Waals surface area contributed by atoms with E-state index in [-0.39, 0.29) is 0 Å². The third-order valence-electron chi connectivity index (χ3n) is 1.71. The normalized spacial score (nSPS) is 9.92. The van der Waals surface area contributed by atoms with Crippen LogP contribution in [-0.2, 0) is 0 Å². The summed E-state index contributed by atoms with van der Waals surface area (Å²) in [6.07, 6.45) is 5.28. The second-order valence-corrected chi connectivity index (χ2v) is 2.54. The summed E-state index contributed by atoms with van der Waals surface area (Å²) in [6, 6.07) is 4.33. The molecule has 0 aromatic carbocycles. The minimum atomic E-state index is 0.513. The van der Waals surface area contributed by atoms with Gasteiger partial charge in [0, 0.05) is 24.2 Å². The van der Waals surface area contributed by atoms with Gasteiger partial charge in [0.1, 0.15) is 0 Å². The van der Waals surface area contributed by atoms with Crippen molar-refractivity contribution in [3.63, 3.8) is 0 Å². The molecule has 0 atom stereocenters. The van der Waals surface area contributed by atoms with Crippen LogP contribution < -0.4 is 4.74 Å². The Morgan fingerprint density at radius 1 is 1.46 bits per heavy atom. The van der Waals surface area contributed by atoms with E-state index in [0.717, 1.165) is 11.3 Å². The lowest BCUT2D eigenvalue weighted by atomic mass is 10.2. The van der Waals surface area contributed by atoms with Crippen LogP contribution in [0.3, 0.4) is 0 Å². The van der Waals surface area contributed by atoms with E-state index in [4.69, 9.17) is 4.74 Å². The van der Waals surface area contributed by atoms with Gasteiger partial charge < -0.3 is 9.72 Å². The van der Waals surface area contributed by atoms with Gasteiger partial charge in [0.2, 0.25) is 0 Å². The largest absolute Gasteiger partial charge is 0.468 e. The maximum atomic E-state index is 4.93. The van der Waals surface area contributed by atoms with Gasteiger partial charge in [-0.25, -0.2) is 0 Å². The highest BCUT2D eigenvalue weighted by Crippen LogP contribution is 2.17. The fraction of sp³-hybridized carbons (Fsp3) is 0.111. The lowest BCUT2D eigenvalue weighted by Gasteiger charge is -1.92. The molecule has 0 radical (unpaired) electrons. The van der Waals surface area contributed by atoms with E-state index in [9.17, 15) is 0 Å². The number of nitrogens with one attached hydrogen (secondary N) is 1. The highest BCUT2D eigenvalue weighted by atomic mass is 16.5. The quantitative estimate of drug-likeness (QED) is 0.752. The van der Waals surface area contributed by atoms with Crippen LogP contribution >= 0.6 is 0 Å². The number of pyridine rings is 1. The summed E-state index contributed by atoms with van der Waals surface area (Å²) >= 11 is 0. The van der Waals surface area contributed by atoms with Gasteiger partial charge in [-0.05, 0) is 12.1 Å². The van der Waals surface area contributed by atoms with Crippen molar-refractivity contribution in [3.05, 3.63) is 30.7 Å². The first-order valence-electron chi connectivity index (χ1n) is 3.90. The zero-order chi connectivity index (χ0) is 9.10. The molecule has 2 rings (SSSR count). The van der Waals surface area contributed by atoms with Crippen molar-refractivity contribution in [2.75, 3.05) is 7.11 Å². The number of H-pyrrole nitrogens is 1. The fourth-order valence-electron chi connectivity index (χ4n) is 1.07. The lowest BCUT2D eigenvalue weighted by Crippen LogP contribution is -1.83. The molecule has 0 fully saturated rings. The first-order valence-corrected chi connectivity index (χ1v) is 3.90. The average molecular weight is 175 g/mol. The summed E-state index contributed by atoms with van der Waals surface area (Å²) in [4.78, 5) is 11.1. The van der Waals surface area contributed by atoms with Crippen LogP contribution in [-0.4, -0.2) is 22.1 Å². The van der Waals surface area contributed by atoms with Crippen LogP contribution in [0.2, 0.25) is 0 Å². The summed E-state index contributed by atoms with van der Waals surface area (Å²) in [5, 5.41) is 0. The van der Waals surface area contributed by atoms with E-state index in [0.29, 0.717) is 6.01 Å². The van der Waals surface area contributed by atoms with Gasteiger partial charge in [0.05, 0.1) is 12.8 Å². The highest BCUT2D eigenvalue weighted by Gasteiger charge is 2.02. The Morgan fingerprint density at radius 2 is 2.38 bits per heavy atom. The van der Waals surface area contributed by atoms with Gasteiger partial charge in [-0.3, -0.25) is 4.98 Å². The highest BCUT2D eigenvalue weighted by molar-refractivity contribution is 5.57. The lowest BCUT2D eigenvalue weighted by molar-refractivity contribution is 0.384. The molecule has 0 spiro atoms. The molecule has 4 nitrogen and oxygen atoms in total. The third kappa shape index (κ3) is 1.51. The van der Waals surface area contributed by atoms with Gasteiger partial charge >= 0.3 is 0 Å². The fourth-order valence-corrected chi connectivity index (χ4v) is 1.07. The summed E-state index contributed by atoms with van der Waals surface area (Å²) in [5.74, 6) is 0. The van der Waals surface area contributed by atoms with E-state index in [1.54, 1.807) is 25.7 Å². The molecule has 2 aromatic heterocycles. The van der Waals surface area contributed by atoms with Crippen LogP contribution in [0.25, 0.3) is 11.3 Å². The second-order valence-electron chi connectivity index (χ2n) is 2.54. The SMILES string of the molecule is COc1nc(-c2cccnc2)c[nH]1. The molecule has 66 valence electrons. The topological polar surface area (TPSA) is 50.8 Å². The van der Waals surface area contributed by atoms with Gasteiger partial charge in [-0.2, -0.15) is 4.98 Å². The van der Waals surface area contributed by atoms with E-state index in [1.165, 1.54) is 0 Å². The number of hydrogen-bond donors (Lipinski definition) is 1. The Bertz CT molecular complexity index is 383. The van der Waals surface area contributed by atoms with Crippen molar-refractivity contribution in [3.8, 4) is 17.3 Å². The number of nitrogens with zero attached hydrogens (tertiary/aromatic N) is 2. The molecule has 2 heterocycles. The van der Waals surface area contributed by atoms with Crippen molar-refractivity contribution < 1.29 is 4.74 Å². The van der Waals surface area contributed by atoms with Gasteiger partial charge in [-0.15, -0.1) is 0 Å². The summed E-state index contributed by atoms with van der Waals surface area (Å²) in [5.41, 5.74) is 1.81. The first kappa shape index (κ1) is 7.79. The van der Waals surface area contributed by atoms with Crippen LogP contribution in [0.4, 0.5) is 0 Å². The Balaban J connectivity index is 2.36. The summed E-state index contributed by atoms with van der Waals surface area (Å²) in [6.45, 7) is 0. The number of ether oxygens (including phenoxy) is 1. The third-order valence-corrected chi connectivity index (χ3v) is 1.71. The van der Waals surface area contributed by atoms with E-state index in [1.807, 2.05) is 12.1 Å². The van der Waals surface area contributed by atoms with Crippen molar-refractivity contribution in [1.82, 2.24) is 15.0 Å². The van der Waals surface area contributed by atoms with E-state index < -0.39 is 0 Å². The maximum absolute atomic E-state index is 4.93. The molecular formula is C9H9N3O. The van der Waals surface area contributed by atoms with Crippen LogP contribution in [0.1, 0.15) is 0 Å². The Labute approximate surface area is 75.6 Å². The molecule has 0 saturated heterocycles. The molecular weight excluding hydrogens is 166 g/mol. The molecule has 0 bridgehead atoms. The summed E-state index contributed by atoms with van der Waals surface area (Å²) in [7, 11) is 1.58. The average Bonchev–Trinajstić information content (AvgIpc) is 2.67. The van der Waals surface area contributed by atoms with E-state index >= 15 is 0 Å². The van der Waals surface area contributed by atoms with Crippen LogP contribution in [0.15, 0.2) is 30.7 Å². The number of aromatic amines is 1. The van der Waals surface area contributed by atoms with Crippen molar-refractivity contribution >= 4 is 0 Å². The monoisotopic (exact) mass is 175 g/mol. The molecule has 1 N–H and O–H groups in total. The molecule has 0 aliphatic rings. The van der Waals surface area contributed by atoms with Crippen LogP contribution in [0.5, 0.6) is 6.01 Å². The maximum Gasteiger partial charge on any atom is 0.293 e. The smallest absolute Gasteiger partial charge is 0.293 e. The number of rotatable bonds is 2. The first-order chi connectivity index (χ1) is 6.40. The van der Waals surface area contributed by atoms with Gasteiger partial charge in [0.25, 0.3) is 6.01 Å². The Hall–Kier alpha value is -1.84. The minimum Gasteiger partial charge on any atom is -0.468 e. The number of aromatic nitrogens is 3. The molecule has 13 heavy (non-hydrogen) atoms. The molecule has 0 amide bonds. The number of methoxy groups -OCH3 is 1. The molecule has 0 unspecified atom stereocenters. The summed E-state index contributed by atoms with van der Waals surface area (Å²) < 4.78 is 4.93. The molecule has 4 heteroatoms. The number of hydrogen-bond acceptors (Lipinski definition) is 3. The molecule has 0 saturated carbocycles. The Kier molecular flexibility index (Phi) is 1.96. The van der Waals surface area contributed by atoms with E-state index in [2.05, 4.69) is 15.0 Å². The predicted molar refractivity (Wildman–Crippen MR) is 48.4 cm³/mol. The van der Waals surface area contributed by atoms with Gasteiger partial charge in [0.15, 0.2) is 0 Å². The molecule has 0 aliphatic carbocycles. The number of imidazole rings is 1. The molecule has 0 aliphatic heterocycles. The zero-order valence-electron chi connectivity index (χ0n) is 7.19. The standard InChI is InChI=1S/C9H9N3O/c1-13-9-11-6-8(12-9)7-3-2-4-10-5-7/h2-6H,1H3,(H,11,12). The van der Waals surface area contributed by atoms with Crippen LogP contribution in [0, 0.1) is 0 Å². The van der Waals surface area contributed by atoms with Gasteiger partial charge in [-0.1, -0.05) is 0 Å². The Morgan fingerprint density at radius 3 is 3.00 bits per heavy atom. The van der Waals surface area contributed by atoms with Crippen molar-refractivity contribution in [2.45, 2.75) is 0 Å². The predicted octanol–water partition coefficient (Wildman–Crippen LogP) is 1.48. The molecule has 2 aromatic rings. The van der Waals surface area contributed by atoms with Crippen molar-refractivity contribution in [1.29, 1.82) is 0 Å². The minimum absolute atomic E-state index is 0.513. The van der Waals surface area contributed by atoms with Crippen molar-refractivity contribution in [2.24, 2.45) is 0 Å². The second kappa shape index (κ2) is 3.26.